The number of benzene rings is 1. The molecule has 2 fully saturated rings. The lowest BCUT2D eigenvalue weighted by Crippen LogP contribution is -2.62. The first-order valence-corrected chi connectivity index (χ1v) is 8.32. The van der Waals surface area contributed by atoms with Crippen molar-refractivity contribution < 1.29 is 14.6 Å². The highest BCUT2D eigenvalue weighted by Gasteiger charge is 2.46. The van der Waals surface area contributed by atoms with Crippen LogP contribution in [-0.4, -0.2) is 58.4 Å². The third-order valence-corrected chi connectivity index (χ3v) is 4.80. The van der Waals surface area contributed by atoms with Crippen LogP contribution >= 0.6 is 0 Å². The molecule has 0 unspecified atom stereocenters. The van der Waals surface area contributed by atoms with Gasteiger partial charge in [-0.1, -0.05) is 30.3 Å². The van der Waals surface area contributed by atoms with E-state index in [4.69, 9.17) is 9.84 Å². The summed E-state index contributed by atoms with van der Waals surface area (Å²) < 4.78 is 6.44. The summed E-state index contributed by atoms with van der Waals surface area (Å²) in [5, 5.41) is 9.15. The zero-order valence-electron chi connectivity index (χ0n) is 14.0. The first-order chi connectivity index (χ1) is 10.9. The van der Waals surface area contributed by atoms with Crippen LogP contribution in [0.1, 0.15) is 32.3 Å². The number of rotatable bonds is 2. The Kier molecular flexibility index (Phi) is 4.34. The topological polar surface area (TPSA) is 53.0 Å². The van der Waals surface area contributed by atoms with Gasteiger partial charge in [0, 0.05) is 32.7 Å². The summed E-state index contributed by atoms with van der Waals surface area (Å²) >= 11 is 0. The fourth-order valence-electron chi connectivity index (χ4n) is 3.97. The van der Waals surface area contributed by atoms with Crippen molar-refractivity contribution in [2.24, 2.45) is 0 Å². The second-order valence-corrected chi connectivity index (χ2v) is 7.45. The summed E-state index contributed by atoms with van der Waals surface area (Å²) in [6, 6.07) is 10.5. The Morgan fingerprint density at radius 1 is 1.17 bits per heavy atom. The number of hydrogen-bond acceptors (Lipinski definition) is 3. The average molecular weight is 318 g/mol. The lowest BCUT2D eigenvalue weighted by molar-refractivity contribution is -0.213. The Labute approximate surface area is 137 Å². The molecule has 1 spiro atoms. The second kappa shape index (κ2) is 6.13. The normalized spacial score (nSPS) is 23.8. The minimum Gasteiger partial charge on any atom is -0.465 e. The van der Waals surface area contributed by atoms with Crippen molar-refractivity contribution in [1.82, 2.24) is 9.80 Å². The number of ether oxygens (including phenoxy) is 1. The Morgan fingerprint density at radius 2 is 1.83 bits per heavy atom. The van der Waals surface area contributed by atoms with Gasteiger partial charge in [-0.05, 0) is 32.3 Å². The van der Waals surface area contributed by atoms with Crippen LogP contribution in [0.4, 0.5) is 4.79 Å². The zero-order valence-corrected chi connectivity index (χ0v) is 14.0. The lowest BCUT2D eigenvalue weighted by Gasteiger charge is -2.52. The molecule has 5 heteroatoms. The molecular weight excluding hydrogens is 292 g/mol. The van der Waals surface area contributed by atoms with Gasteiger partial charge in [-0.15, -0.1) is 0 Å². The van der Waals surface area contributed by atoms with Crippen molar-refractivity contribution in [1.29, 1.82) is 0 Å². The van der Waals surface area contributed by atoms with Crippen LogP contribution in [0.3, 0.4) is 0 Å². The molecule has 1 amide bonds. The van der Waals surface area contributed by atoms with Gasteiger partial charge in [-0.3, -0.25) is 4.90 Å². The molecule has 5 nitrogen and oxygen atoms in total. The lowest BCUT2D eigenvalue weighted by atomic mass is 9.86. The Hall–Kier alpha value is -1.59. The Bertz CT molecular complexity index is 551. The van der Waals surface area contributed by atoms with Gasteiger partial charge in [0.2, 0.25) is 0 Å². The van der Waals surface area contributed by atoms with Crippen LogP contribution in [0.15, 0.2) is 30.3 Å². The molecule has 2 aliphatic rings. The molecule has 0 bridgehead atoms. The van der Waals surface area contributed by atoms with Gasteiger partial charge in [0.05, 0.1) is 11.2 Å². The standard InChI is InChI=1S/C18H26N2O3/c1-17(2)13-19(12-15-6-4-3-5-7-15)14-18(23-17)8-10-20(11-9-18)16(21)22/h3-7H,8-14H2,1-2H3,(H,21,22). The third kappa shape index (κ3) is 3.85. The van der Waals surface area contributed by atoms with Gasteiger partial charge in [0.1, 0.15) is 0 Å². The van der Waals surface area contributed by atoms with Crippen molar-refractivity contribution in [3.63, 3.8) is 0 Å². The van der Waals surface area contributed by atoms with E-state index in [1.165, 1.54) is 10.5 Å². The van der Waals surface area contributed by atoms with E-state index in [-0.39, 0.29) is 11.2 Å². The largest absolute Gasteiger partial charge is 0.465 e. The van der Waals surface area contributed by atoms with Crippen molar-refractivity contribution in [2.75, 3.05) is 26.2 Å². The predicted octanol–water partition coefficient (Wildman–Crippen LogP) is 2.81. The maximum absolute atomic E-state index is 11.1. The molecule has 0 aromatic heterocycles. The highest BCUT2D eigenvalue weighted by Crippen LogP contribution is 2.36. The van der Waals surface area contributed by atoms with Crippen LogP contribution < -0.4 is 0 Å². The van der Waals surface area contributed by atoms with Crippen molar-refractivity contribution >= 4 is 6.09 Å². The molecule has 0 radical (unpaired) electrons. The highest BCUT2D eigenvalue weighted by molar-refractivity contribution is 5.65. The molecule has 0 aliphatic carbocycles. The van der Waals surface area contributed by atoms with E-state index in [2.05, 4.69) is 43.0 Å². The molecule has 3 rings (SSSR count). The fourth-order valence-corrected chi connectivity index (χ4v) is 3.97. The number of nitrogens with zero attached hydrogens (tertiary/aromatic N) is 2. The Morgan fingerprint density at radius 3 is 2.43 bits per heavy atom. The summed E-state index contributed by atoms with van der Waals surface area (Å²) in [4.78, 5) is 15.1. The second-order valence-electron chi connectivity index (χ2n) is 7.45. The van der Waals surface area contributed by atoms with Gasteiger partial charge in [-0.25, -0.2) is 4.79 Å². The summed E-state index contributed by atoms with van der Waals surface area (Å²) in [6.07, 6.45) is 0.721. The van der Waals surface area contributed by atoms with Crippen LogP contribution in [0.5, 0.6) is 0 Å². The van der Waals surface area contributed by atoms with Crippen LogP contribution in [0.2, 0.25) is 0 Å². The first-order valence-electron chi connectivity index (χ1n) is 8.32. The van der Waals surface area contributed by atoms with E-state index in [9.17, 15) is 4.79 Å². The molecular formula is C18H26N2O3. The zero-order chi connectivity index (χ0) is 16.5. The maximum atomic E-state index is 11.1. The maximum Gasteiger partial charge on any atom is 0.407 e. The minimum absolute atomic E-state index is 0.210. The summed E-state index contributed by atoms with van der Waals surface area (Å²) in [5.74, 6) is 0. The summed E-state index contributed by atoms with van der Waals surface area (Å²) in [7, 11) is 0. The minimum atomic E-state index is -0.823. The number of morpholine rings is 1. The van der Waals surface area contributed by atoms with E-state index >= 15 is 0 Å². The van der Waals surface area contributed by atoms with Crippen molar-refractivity contribution in [3.8, 4) is 0 Å². The quantitative estimate of drug-likeness (QED) is 0.911. The van der Waals surface area contributed by atoms with Crippen LogP contribution in [0.25, 0.3) is 0 Å². The smallest absolute Gasteiger partial charge is 0.407 e. The highest BCUT2D eigenvalue weighted by atomic mass is 16.5. The van der Waals surface area contributed by atoms with Gasteiger partial charge in [0.15, 0.2) is 0 Å². The predicted molar refractivity (Wildman–Crippen MR) is 88.4 cm³/mol. The summed E-state index contributed by atoms with van der Waals surface area (Å²) in [6.45, 7) is 8.07. The molecule has 1 aromatic carbocycles. The summed E-state index contributed by atoms with van der Waals surface area (Å²) in [5.41, 5.74) is 0.879. The molecule has 23 heavy (non-hydrogen) atoms. The molecule has 0 atom stereocenters. The number of carbonyl (C=O) groups is 1. The fraction of sp³-hybridized carbons (Fsp3) is 0.611. The number of likely N-dealkylation sites (tertiary alicyclic amines) is 1. The van der Waals surface area contributed by atoms with Crippen LogP contribution in [-0.2, 0) is 11.3 Å². The van der Waals surface area contributed by atoms with Gasteiger partial charge in [-0.2, -0.15) is 0 Å². The number of hydrogen-bond donors (Lipinski definition) is 1. The van der Waals surface area contributed by atoms with Crippen molar-refractivity contribution in [3.05, 3.63) is 35.9 Å². The molecule has 126 valence electrons. The van der Waals surface area contributed by atoms with Gasteiger partial charge >= 0.3 is 6.09 Å². The number of carboxylic acid groups (broad SMARTS) is 1. The van der Waals surface area contributed by atoms with E-state index in [1.54, 1.807) is 0 Å². The molecule has 1 N–H and O–H groups in total. The molecule has 0 saturated carbocycles. The van der Waals surface area contributed by atoms with E-state index < -0.39 is 6.09 Å². The molecule has 2 aliphatic heterocycles. The number of amides is 1. The number of piperidine rings is 1. The van der Waals surface area contributed by atoms with E-state index in [0.29, 0.717) is 13.1 Å². The third-order valence-electron chi connectivity index (χ3n) is 4.80. The van der Waals surface area contributed by atoms with Crippen molar-refractivity contribution in [2.45, 2.75) is 44.4 Å². The van der Waals surface area contributed by atoms with Gasteiger partial charge < -0.3 is 14.7 Å². The SMILES string of the molecule is CC1(C)CN(Cc2ccccc2)CC2(CCN(C(=O)O)CC2)O1. The molecule has 2 heterocycles. The van der Waals surface area contributed by atoms with E-state index in [0.717, 1.165) is 32.5 Å². The molecule has 1 aromatic rings. The monoisotopic (exact) mass is 318 g/mol. The van der Waals surface area contributed by atoms with Crippen LogP contribution in [0, 0.1) is 0 Å². The Balaban J connectivity index is 1.71. The molecule has 2 saturated heterocycles. The van der Waals surface area contributed by atoms with E-state index in [1.807, 2.05) is 6.07 Å². The van der Waals surface area contributed by atoms with Gasteiger partial charge in [0.25, 0.3) is 0 Å². The first kappa shape index (κ1) is 16.3. The average Bonchev–Trinajstić information content (AvgIpc) is 2.46.